The van der Waals surface area contributed by atoms with E-state index in [1.165, 1.54) is 6.20 Å². The van der Waals surface area contributed by atoms with Crippen molar-refractivity contribution in [1.29, 1.82) is 0 Å². The Hall–Kier alpha value is -3.25. The van der Waals surface area contributed by atoms with Gasteiger partial charge >= 0.3 is 0 Å². The van der Waals surface area contributed by atoms with Crippen LogP contribution in [0.3, 0.4) is 0 Å². The molecule has 2 aromatic heterocycles. The van der Waals surface area contributed by atoms with E-state index in [0.717, 1.165) is 22.6 Å². The highest BCUT2D eigenvalue weighted by Crippen LogP contribution is 2.26. The molecule has 2 heterocycles. The Bertz CT molecular complexity index is 931. The second-order valence-electron chi connectivity index (χ2n) is 6.23. The SMILES string of the molecule is Cc1onc(-c2ccccc2)c1/C=C/c1ccc(C(=O)NC(C)CO)cn1. The van der Waals surface area contributed by atoms with E-state index in [4.69, 9.17) is 9.63 Å². The highest BCUT2D eigenvalue weighted by molar-refractivity contribution is 5.94. The summed E-state index contributed by atoms with van der Waals surface area (Å²) >= 11 is 0. The zero-order valence-corrected chi connectivity index (χ0v) is 15.2. The molecule has 0 bridgehead atoms. The Morgan fingerprint density at radius 3 is 2.67 bits per heavy atom. The number of rotatable bonds is 6. The van der Waals surface area contributed by atoms with E-state index in [9.17, 15) is 4.79 Å². The molecule has 1 atom stereocenters. The van der Waals surface area contributed by atoms with Crippen LogP contribution >= 0.6 is 0 Å². The zero-order valence-electron chi connectivity index (χ0n) is 15.2. The molecule has 27 heavy (non-hydrogen) atoms. The molecule has 2 N–H and O–H groups in total. The van der Waals surface area contributed by atoms with Crippen molar-refractivity contribution in [2.75, 3.05) is 6.61 Å². The van der Waals surface area contributed by atoms with Crippen molar-refractivity contribution >= 4 is 18.1 Å². The number of aliphatic hydroxyl groups is 1. The number of nitrogens with zero attached hydrogens (tertiary/aromatic N) is 2. The molecule has 0 fully saturated rings. The zero-order chi connectivity index (χ0) is 19.2. The number of benzene rings is 1. The number of hydrogen-bond acceptors (Lipinski definition) is 5. The van der Waals surface area contributed by atoms with Gasteiger partial charge in [0.15, 0.2) is 0 Å². The minimum atomic E-state index is -0.301. The summed E-state index contributed by atoms with van der Waals surface area (Å²) in [7, 11) is 0. The monoisotopic (exact) mass is 363 g/mol. The van der Waals surface area contributed by atoms with E-state index in [2.05, 4.69) is 15.5 Å². The van der Waals surface area contributed by atoms with Crippen molar-refractivity contribution in [3.05, 3.63) is 71.2 Å². The molecule has 1 aromatic carbocycles. The maximum Gasteiger partial charge on any atom is 0.253 e. The number of amides is 1. The molecule has 1 amide bonds. The Balaban J connectivity index is 1.78. The summed E-state index contributed by atoms with van der Waals surface area (Å²) in [5, 5.41) is 15.8. The van der Waals surface area contributed by atoms with Gasteiger partial charge in [-0.15, -0.1) is 0 Å². The standard InChI is InChI=1S/C21H21N3O3/c1-14(13-25)23-21(26)17-8-9-18(22-12-17)10-11-19-15(2)27-24-20(19)16-6-4-3-5-7-16/h3-12,14,25H,13H2,1-2H3,(H,23,26)/b11-10+. The molecule has 0 aliphatic heterocycles. The van der Waals surface area contributed by atoms with Gasteiger partial charge < -0.3 is 14.9 Å². The number of aliphatic hydroxyl groups excluding tert-OH is 1. The van der Waals surface area contributed by atoms with Gasteiger partial charge in [0.1, 0.15) is 11.5 Å². The molecular weight excluding hydrogens is 342 g/mol. The van der Waals surface area contributed by atoms with Gasteiger partial charge in [0.25, 0.3) is 5.91 Å². The van der Waals surface area contributed by atoms with Crippen molar-refractivity contribution in [3.63, 3.8) is 0 Å². The first-order valence-electron chi connectivity index (χ1n) is 8.66. The van der Waals surface area contributed by atoms with Crippen LogP contribution in [0.5, 0.6) is 0 Å². The highest BCUT2D eigenvalue weighted by Gasteiger charge is 2.12. The van der Waals surface area contributed by atoms with Crippen LogP contribution < -0.4 is 5.32 Å². The van der Waals surface area contributed by atoms with Gasteiger partial charge in [-0.2, -0.15) is 0 Å². The fraction of sp³-hybridized carbons (Fsp3) is 0.190. The molecule has 0 aliphatic rings. The minimum absolute atomic E-state index is 0.109. The first-order chi connectivity index (χ1) is 13.1. The van der Waals surface area contributed by atoms with Crippen molar-refractivity contribution in [1.82, 2.24) is 15.5 Å². The molecule has 6 heteroatoms. The predicted molar refractivity (Wildman–Crippen MR) is 104 cm³/mol. The third kappa shape index (κ3) is 4.48. The van der Waals surface area contributed by atoms with Crippen LogP contribution in [-0.4, -0.2) is 33.8 Å². The quantitative estimate of drug-likeness (QED) is 0.701. The summed E-state index contributed by atoms with van der Waals surface area (Å²) in [4.78, 5) is 16.3. The van der Waals surface area contributed by atoms with Crippen LogP contribution in [-0.2, 0) is 0 Å². The first kappa shape index (κ1) is 18.5. The largest absolute Gasteiger partial charge is 0.394 e. The lowest BCUT2D eigenvalue weighted by Gasteiger charge is -2.10. The lowest BCUT2D eigenvalue weighted by molar-refractivity contribution is 0.0922. The summed E-state index contributed by atoms with van der Waals surface area (Å²) in [6.45, 7) is 3.48. The number of hydrogen-bond donors (Lipinski definition) is 2. The molecule has 1 unspecified atom stereocenters. The van der Waals surface area contributed by atoms with E-state index in [0.29, 0.717) is 11.3 Å². The minimum Gasteiger partial charge on any atom is -0.394 e. The summed E-state index contributed by atoms with van der Waals surface area (Å²) in [5.41, 5.74) is 3.80. The van der Waals surface area contributed by atoms with E-state index in [-0.39, 0.29) is 18.6 Å². The molecule has 0 aliphatic carbocycles. The number of carbonyl (C=O) groups excluding carboxylic acids is 1. The second-order valence-corrected chi connectivity index (χ2v) is 6.23. The highest BCUT2D eigenvalue weighted by atomic mass is 16.5. The fourth-order valence-electron chi connectivity index (χ4n) is 2.54. The van der Waals surface area contributed by atoms with E-state index >= 15 is 0 Å². The number of aromatic nitrogens is 2. The smallest absolute Gasteiger partial charge is 0.253 e. The molecule has 3 rings (SSSR count). The number of pyridine rings is 1. The number of carbonyl (C=O) groups is 1. The van der Waals surface area contributed by atoms with Crippen LogP contribution in [0.25, 0.3) is 23.4 Å². The summed E-state index contributed by atoms with van der Waals surface area (Å²) < 4.78 is 5.34. The Labute approximate surface area is 157 Å². The third-order valence-corrected chi connectivity index (χ3v) is 4.08. The molecule has 0 saturated carbocycles. The predicted octanol–water partition coefficient (Wildman–Crippen LogP) is 3.33. The summed E-state index contributed by atoms with van der Waals surface area (Å²) in [6, 6.07) is 13.0. The van der Waals surface area contributed by atoms with Gasteiger partial charge in [-0.05, 0) is 38.1 Å². The molecule has 6 nitrogen and oxygen atoms in total. The van der Waals surface area contributed by atoms with Crippen molar-refractivity contribution in [2.45, 2.75) is 19.9 Å². The van der Waals surface area contributed by atoms with Gasteiger partial charge in [0.05, 0.1) is 17.9 Å². The Morgan fingerprint density at radius 1 is 1.22 bits per heavy atom. The summed E-state index contributed by atoms with van der Waals surface area (Å²) in [6.07, 6.45) is 5.27. The second kappa shape index (κ2) is 8.42. The molecule has 3 aromatic rings. The average molecular weight is 363 g/mol. The summed E-state index contributed by atoms with van der Waals surface area (Å²) in [5.74, 6) is 0.458. The lowest BCUT2D eigenvalue weighted by atomic mass is 10.1. The maximum atomic E-state index is 12.0. The molecule has 0 radical (unpaired) electrons. The van der Waals surface area contributed by atoms with Crippen molar-refractivity contribution < 1.29 is 14.4 Å². The van der Waals surface area contributed by atoms with Crippen molar-refractivity contribution in [2.24, 2.45) is 0 Å². The van der Waals surface area contributed by atoms with E-state index in [1.54, 1.807) is 19.1 Å². The van der Waals surface area contributed by atoms with Gasteiger partial charge in [0, 0.05) is 23.4 Å². The Morgan fingerprint density at radius 2 is 2.00 bits per heavy atom. The molecule has 0 saturated heterocycles. The average Bonchev–Trinajstić information content (AvgIpc) is 3.07. The first-order valence-corrected chi connectivity index (χ1v) is 8.66. The van der Waals surface area contributed by atoms with E-state index < -0.39 is 0 Å². The van der Waals surface area contributed by atoms with Crippen LogP contribution in [0.1, 0.15) is 34.3 Å². The third-order valence-electron chi connectivity index (χ3n) is 4.08. The van der Waals surface area contributed by atoms with Gasteiger partial charge in [0.2, 0.25) is 0 Å². The van der Waals surface area contributed by atoms with Gasteiger partial charge in [-0.1, -0.05) is 35.5 Å². The van der Waals surface area contributed by atoms with Crippen LogP contribution in [0.2, 0.25) is 0 Å². The molecular formula is C21H21N3O3. The molecule has 0 spiro atoms. The van der Waals surface area contributed by atoms with Crippen molar-refractivity contribution in [3.8, 4) is 11.3 Å². The van der Waals surface area contributed by atoms with Gasteiger partial charge in [-0.25, -0.2) is 0 Å². The molecule has 138 valence electrons. The fourth-order valence-corrected chi connectivity index (χ4v) is 2.54. The van der Waals surface area contributed by atoms with Crippen LogP contribution in [0.4, 0.5) is 0 Å². The number of nitrogens with one attached hydrogen (secondary N) is 1. The topological polar surface area (TPSA) is 88.2 Å². The van der Waals surface area contributed by atoms with Gasteiger partial charge in [-0.3, -0.25) is 9.78 Å². The van der Waals surface area contributed by atoms with E-state index in [1.807, 2.05) is 49.4 Å². The Kier molecular flexibility index (Phi) is 5.78. The maximum absolute atomic E-state index is 12.0. The number of aryl methyl sites for hydroxylation is 1. The van der Waals surface area contributed by atoms with Crippen LogP contribution in [0.15, 0.2) is 53.2 Å². The van der Waals surface area contributed by atoms with Crippen LogP contribution in [0, 0.1) is 6.92 Å². The lowest BCUT2D eigenvalue weighted by Crippen LogP contribution is -2.35. The normalized spacial score (nSPS) is 12.3.